The van der Waals surface area contributed by atoms with Crippen molar-refractivity contribution in [1.29, 1.82) is 0 Å². The Balaban J connectivity index is 1.73. The molecular weight excluding hydrogens is 304 g/mol. The number of aromatic nitrogens is 2. The predicted molar refractivity (Wildman–Crippen MR) is 93.0 cm³/mol. The van der Waals surface area contributed by atoms with Crippen molar-refractivity contribution < 1.29 is 9.59 Å². The van der Waals surface area contributed by atoms with Crippen LogP contribution in [0.4, 0.5) is 0 Å². The molecule has 2 aromatic rings. The van der Waals surface area contributed by atoms with Crippen molar-refractivity contribution in [3.63, 3.8) is 0 Å². The van der Waals surface area contributed by atoms with E-state index >= 15 is 0 Å². The van der Waals surface area contributed by atoms with Gasteiger partial charge in [0.05, 0.1) is 11.0 Å². The Morgan fingerprint density at radius 3 is 2.46 bits per heavy atom. The number of aromatic amines is 1. The summed E-state index contributed by atoms with van der Waals surface area (Å²) in [6, 6.07) is 5.60. The highest BCUT2D eigenvalue weighted by Crippen LogP contribution is 2.19. The number of H-pyrrole nitrogens is 1. The van der Waals surface area contributed by atoms with Crippen LogP contribution < -0.4 is 0 Å². The topological polar surface area (TPSA) is 69.3 Å². The molecule has 0 spiro atoms. The highest BCUT2D eigenvalue weighted by atomic mass is 16.2. The van der Waals surface area contributed by atoms with E-state index < -0.39 is 0 Å². The number of hydrogen-bond donors (Lipinski definition) is 1. The second-order valence-corrected chi connectivity index (χ2v) is 6.54. The molecule has 2 heterocycles. The Hall–Kier alpha value is -2.37. The summed E-state index contributed by atoms with van der Waals surface area (Å²) in [6.07, 6.45) is 0.516. The van der Waals surface area contributed by atoms with Gasteiger partial charge in [-0.15, -0.1) is 0 Å². The number of hydrogen-bond acceptors (Lipinski definition) is 3. The lowest BCUT2D eigenvalue weighted by Gasteiger charge is -2.34. The third-order valence-corrected chi connectivity index (χ3v) is 4.52. The minimum absolute atomic E-state index is 0.0150. The smallest absolute Gasteiger partial charge is 0.254 e. The molecule has 1 aliphatic heterocycles. The molecule has 1 aromatic heterocycles. The Labute approximate surface area is 141 Å². The molecule has 0 unspecified atom stereocenters. The van der Waals surface area contributed by atoms with Crippen molar-refractivity contribution in [2.75, 3.05) is 26.2 Å². The summed E-state index contributed by atoms with van der Waals surface area (Å²) in [5.41, 5.74) is 2.44. The number of rotatable bonds is 3. The fraction of sp³-hybridized carbons (Fsp3) is 0.500. The van der Waals surface area contributed by atoms with Crippen molar-refractivity contribution in [2.45, 2.75) is 33.1 Å². The monoisotopic (exact) mass is 328 g/mol. The molecule has 1 saturated heterocycles. The van der Waals surface area contributed by atoms with E-state index in [1.807, 2.05) is 34.9 Å². The first-order valence-electron chi connectivity index (χ1n) is 8.56. The van der Waals surface area contributed by atoms with E-state index in [9.17, 15) is 9.59 Å². The van der Waals surface area contributed by atoms with E-state index in [0.717, 1.165) is 16.9 Å². The number of piperazine rings is 1. The molecule has 24 heavy (non-hydrogen) atoms. The first-order valence-corrected chi connectivity index (χ1v) is 8.56. The number of nitrogens with one attached hydrogen (secondary N) is 1. The molecule has 0 radical (unpaired) electrons. The quantitative estimate of drug-likeness (QED) is 0.940. The van der Waals surface area contributed by atoms with Crippen LogP contribution in [0.1, 0.15) is 49.3 Å². The first-order chi connectivity index (χ1) is 11.5. The van der Waals surface area contributed by atoms with Crippen LogP contribution in [-0.2, 0) is 4.79 Å². The zero-order chi connectivity index (χ0) is 17.3. The number of nitrogens with zero attached hydrogens (tertiary/aromatic N) is 3. The van der Waals surface area contributed by atoms with E-state index in [2.05, 4.69) is 23.8 Å². The highest BCUT2D eigenvalue weighted by Gasteiger charge is 2.24. The number of benzene rings is 1. The van der Waals surface area contributed by atoms with Crippen LogP contribution in [0.15, 0.2) is 18.2 Å². The van der Waals surface area contributed by atoms with Crippen molar-refractivity contribution in [3.8, 4) is 0 Å². The SMILES string of the molecule is CCC(=O)N1CCN(C(=O)c2ccc3nc(C(C)C)[nH]c3c2)CC1. The lowest BCUT2D eigenvalue weighted by atomic mass is 10.1. The van der Waals surface area contributed by atoms with Gasteiger partial charge in [-0.1, -0.05) is 20.8 Å². The van der Waals surface area contributed by atoms with Gasteiger partial charge in [0.15, 0.2) is 0 Å². The zero-order valence-electron chi connectivity index (χ0n) is 14.5. The van der Waals surface area contributed by atoms with E-state index in [1.54, 1.807) is 0 Å². The number of carbonyl (C=O) groups is 2. The second-order valence-electron chi connectivity index (χ2n) is 6.54. The summed E-state index contributed by atoms with van der Waals surface area (Å²) >= 11 is 0. The molecule has 1 aliphatic rings. The number of fused-ring (bicyclic) bond motifs is 1. The van der Waals surface area contributed by atoms with E-state index in [4.69, 9.17) is 0 Å². The molecule has 128 valence electrons. The van der Waals surface area contributed by atoms with Crippen molar-refractivity contribution >= 4 is 22.8 Å². The molecule has 1 N–H and O–H groups in total. The van der Waals surface area contributed by atoms with Crippen molar-refractivity contribution in [3.05, 3.63) is 29.6 Å². The number of amides is 2. The van der Waals surface area contributed by atoms with Gasteiger partial charge in [0, 0.05) is 44.1 Å². The summed E-state index contributed by atoms with van der Waals surface area (Å²) in [6.45, 7) is 8.43. The van der Waals surface area contributed by atoms with Crippen molar-refractivity contribution in [1.82, 2.24) is 19.8 Å². The third kappa shape index (κ3) is 3.13. The van der Waals surface area contributed by atoms with Gasteiger partial charge < -0.3 is 14.8 Å². The predicted octanol–water partition coefficient (Wildman–Crippen LogP) is 2.38. The zero-order valence-corrected chi connectivity index (χ0v) is 14.5. The summed E-state index contributed by atoms with van der Waals surface area (Å²) in [5.74, 6) is 1.42. The molecule has 0 saturated carbocycles. The van der Waals surface area contributed by atoms with Gasteiger partial charge in [0.1, 0.15) is 5.82 Å². The molecule has 1 aromatic carbocycles. The van der Waals surface area contributed by atoms with Gasteiger partial charge in [-0.3, -0.25) is 9.59 Å². The van der Waals surface area contributed by atoms with Crippen LogP contribution in [0.5, 0.6) is 0 Å². The van der Waals surface area contributed by atoms with Crippen LogP contribution >= 0.6 is 0 Å². The summed E-state index contributed by atoms with van der Waals surface area (Å²) in [7, 11) is 0. The first kappa shape index (κ1) is 16.5. The minimum atomic E-state index is 0.0150. The van der Waals surface area contributed by atoms with Gasteiger partial charge in [-0.25, -0.2) is 4.98 Å². The Bertz CT molecular complexity index is 757. The van der Waals surface area contributed by atoms with Gasteiger partial charge in [0.2, 0.25) is 5.91 Å². The highest BCUT2D eigenvalue weighted by molar-refractivity contribution is 5.97. The molecule has 6 nitrogen and oxygen atoms in total. The lowest BCUT2D eigenvalue weighted by molar-refractivity contribution is -0.132. The molecule has 3 rings (SSSR count). The van der Waals surface area contributed by atoms with Crippen LogP contribution in [-0.4, -0.2) is 57.8 Å². The van der Waals surface area contributed by atoms with Crippen LogP contribution in [0, 0.1) is 0 Å². The van der Waals surface area contributed by atoms with E-state index in [1.165, 1.54) is 0 Å². The molecule has 6 heteroatoms. The maximum atomic E-state index is 12.7. The van der Waals surface area contributed by atoms with Gasteiger partial charge in [0.25, 0.3) is 5.91 Å². The average Bonchev–Trinajstić information content (AvgIpc) is 3.04. The number of imidazole rings is 1. The lowest BCUT2D eigenvalue weighted by Crippen LogP contribution is -2.50. The fourth-order valence-electron chi connectivity index (χ4n) is 3.00. The second kappa shape index (κ2) is 6.63. The van der Waals surface area contributed by atoms with E-state index in [0.29, 0.717) is 44.1 Å². The van der Waals surface area contributed by atoms with Crippen molar-refractivity contribution in [2.24, 2.45) is 0 Å². The molecule has 0 bridgehead atoms. The molecule has 1 fully saturated rings. The standard InChI is InChI=1S/C18H24N4O2/c1-4-16(23)21-7-9-22(10-8-21)18(24)13-5-6-14-15(11-13)20-17(19-14)12(2)3/h5-6,11-12H,4,7-10H2,1-3H3,(H,19,20). The van der Waals surface area contributed by atoms with Crippen LogP contribution in [0.25, 0.3) is 11.0 Å². The van der Waals surface area contributed by atoms with Gasteiger partial charge >= 0.3 is 0 Å². The third-order valence-electron chi connectivity index (χ3n) is 4.52. The summed E-state index contributed by atoms with van der Waals surface area (Å²) in [5, 5.41) is 0. The average molecular weight is 328 g/mol. The number of carbonyl (C=O) groups excluding carboxylic acids is 2. The van der Waals surface area contributed by atoms with E-state index in [-0.39, 0.29) is 11.8 Å². The van der Waals surface area contributed by atoms with Gasteiger partial charge in [-0.2, -0.15) is 0 Å². The largest absolute Gasteiger partial charge is 0.342 e. The summed E-state index contributed by atoms with van der Waals surface area (Å²) < 4.78 is 0. The molecular formula is C18H24N4O2. The maximum absolute atomic E-state index is 12.7. The maximum Gasteiger partial charge on any atom is 0.254 e. The fourth-order valence-corrected chi connectivity index (χ4v) is 3.00. The normalized spacial score (nSPS) is 15.3. The molecule has 0 aliphatic carbocycles. The van der Waals surface area contributed by atoms with Crippen LogP contribution in [0.3, 0.4) is 0 Å². The molecule has 0 atom stereocenters. The Morgan fingerprint density at radius 2 is 1.83 bits per heavy atom. The van der Waals surface area contributed by atoms with Crippen LogP contribution in [0.2, 0.25) is 0 Å². The Kier molecular flexibility index (Phi) is 4.55. The van der Waals surface area contributed by atoms with Gasteiger partial charge in [-0.05, 0) is 18.2 Å². The Morgan fingerprint density at radius 1 is 1.17 bits per heavy atom. The minimum Gasteiger partial charge on any atom is -0.342 e. The molecule has 2 amide bonds. The summed E-state index contributed by atoms with van der Waals surface area (Å²) in [4.78, 5) is 35.9.